The predicted molar refractivity (Wildman–Crippen MR) is 76.8 cm³/mol. The van der Waals surface area contributed by atoms with Crippen LogP contribution in [0.4, 0.5) is 10.5 Å². The van der Waals surface area contributed by atoms with Gasteiger partial charge < -0.3 is 15.7 Å². The van der Waals surface area contributed by atoms with Gasteiger partial charge in [-0.15, -0.1) is 0 Å². The average molecular weight is 276 g/mol. The molecule has 1 aliphatic rings. The summed E-state index contributed by atoms with van der Waals surface area (Å²) in [5.41, 5.74) is 1.26. The van der Waals surface area contributed by atoms with E-state index < -0.39 is 0 Å². The summed E-state index contributed by atoms with van der Waals surface area (Å²) >= 11 is 0. The molecular formula is C15H20N2O3. The molecular weight excluding hydrogens is 256 g/mol. The summed E-state index contributed by atoms with van der Waals surface area (Å²) in [4.78, 5) is 23.0. The number of carbonyl (C=O) groups is 2. The van der Waals surface area contributed by atoms with E-state index in [4.69, 9.17) is 0 Å². The van der Waals surface area contributed by atoms with Crippen LogP contribution in [0.5, 0.6) is 0 Å². The summed E-state index contributed by atoms with van der Waals surface area (Å²) in [6.07, 6.45) is 2.89. The molecule has 0 aromatic heterocycles. The number of amides is 2. The Morgan fingerprint density at radius 3 is 2.55 bits per heavy atom. The van der Waals surface area contributed by atoms with Gasteiger partial charge in [0.05, 0.1) is 0 Å². The van der Waals surface area contributed by atoms with Gasteiger partial charge in [0, 0.05) is 29.8 Å². The van der Waals surface area contributed by atoms with Crippen LogP contribution in [0.3, 0.4) is 0 Å². The number of nitrogens with one attached hydrogen (secondary N) is 2. The number of rotatable bonds is 4. The lowest BCUT2D eigenvalue weighted by atomic mass is 10.1. The van der Waals surface area contributed by atoms with Gasteiger partial charge in [0.1, 0.15) is 0 Å². The van der Waals surface area contributed by atoms with E-state index in [9.17, 15) is 14.7 Å². The Morgan fingerprint density at radius 1 is 1.25 bits per heavy atom. The van der Waals surface area contributed by atoms with Crippen molar-refractivity contribution < 1.29 is 14.7 Å². The first-order valence-corrected chi connectivity index (χ1v) is 6.89. The van der Waals surface area contributed by atoms with Crippen molar-refractivity contribution in [1.29, 1.82) is 0 Å². The van der Waals surface area contributed by atoms with Crippen LogP contribution < -0.4 is 10.6 Å². The maximum atomic E-state index is 11.9. The Balaban J connectivity index is 1.89. The second kappa shape index (κ2) is 6.52. The van der Waals surface area contributed by atoms with Crippen molar-refractivity contribution in [3.63, 3.8) is 0 Å². The Kier molecular flexibility index (Phi) is 4.74. The van der Waals surface area contributed by atoms with Gasteiger partial charge >= 0.3 is 6.03 Å². The number of benzene rings is 1. The molecule has 2 unspecified atom stereocenters. The SMILES string of the molecule is CC(=O)c1ccc(NC(=O)NC2CCCC2CO)cc1. The lowest BCUT2D eigenvalue weighted by molar-refractivity contribution is 0.101. The molecule has 0 bridgehead atoms. The van der Waals surface area contributed by atoms with Crippen LogP contribution in [-0.2, 0) is 0 Å². The van der Waals surface area contributed by atoms with Gasteiger partial charge in [-0.3, -0.25) is 4.79 Å². The van der Waals surface area contributed by atoms with Crippen molar-refractivity contribution in [2.45, 2.75) is 32.2 Å². The highest BCUT2D eigenvalue weighted by Gasteiger charge is 2.27. The first kappa shape index (κ1) is 14.5. The number of aliphatic hydroxyl groups excluding tert-OH is 1. The zero-order chi connectivity index (χ0) is 14.5. The monoisotopic (exact) mass is 276 g/mol. The molecule has 0 heterocycles. The topological polar surface area (TPSA) is 78.4 Å². The van der Waals surface area contributed by atoms with Crippen LogP contribution in [0.2, 0.25) is 0 Å². The zero-order valence-corrected chi connectivity index (χ0v) is 11.6. The molecule has 1 fully saturated rings. The van der Waals surface area contributed by atoms with E-state index in [0.717, 1.165) is 19.3 Å². The van der Waals surface area contributed by atoms with E-state index >= 15 is 0 Å². The van der Waals surface area contributed by atoms with Crippen molar-refractivity contribution in [1.82, 2.24) is 5.32 Å². The quantitative estimate of drug-likeness (QED) is 0.737. The molecule has 2 atom stereocenters. The zero-order valence-electron chi connectivity index (χ0n) is 11.6. The van der Waals surface area contributed by atoms with Crippen LogP contribution in [0.1, 0.15) is 36.5 Å². The van der Waals surface area contributed by atoms with Crippen LogP contribution >= 0.6 is 0 Å². The summed E-state index contributed by atoms with van der Waals surface area (Å²) in [6, 6.07) is 6.54. The summed E-state index contributed by atoms with van der Waals surface area (Å²) in [7, 11) is 0. The van der Waals surface area contributed by atoms with Gasteiger partial charge in [0.15, 0.2) is 5.78 Å². The highest BCUT2D eigenvalue weighted by atomic mass is 16.3. The number of hydrogen-bond acceptors (Lipinski definition) is 3. The predicted octanol–water partition coefficient (Wildman–Crippen LogP) is 2.17. The largest absolute Gasteiger partial charge is 0.396 e. The number of hydrogen-bond donors (Lipinski definition) is 3. The number of urea groups is 1. The normalized spacial score (nSPS) is 21.5. The van der Waals surface area contributed by atoms with Crippen LogP contribution in [0, 0.1) is 5.92 Å². The molecule has 1 aliphatic carbocycles. The second-order valence-corrected chi connectivity index (χ2v) is 5.21. The van der Waals surface area contributed by atoms with E-state index in [1.54, 1.807) is 24.3 Å². The van der Waals surface area contributed by atoms with E-state index in [0.29, 0.717) is 11.3 Å². The highest BCUT2D eigenvalue weighted by Crippen LogP contribution is 2.25. The summed E-state index contributed by atoms with van der Waals surface area (Å²) < 4.78 is 0. The highest BCUT2D eigenvalue weighted by molar-refractivity contribution is 5.95. The number of aliphatic hydroxyl groups is 1. The molecule has 0 aliphatic heterocycles. The third-order valence-electron chi connectivity index (χ3n) is 3.76. The third kappa shape index (κ3) is 3.57. The smallest absolute Gasteiger partial charge is 0.319 e. The molecule has 5 nitrogen and oxygen atoms in total. The maximum Gasteiger partial charge on any atom is 0.319 e. The summed E-state index contributed by atoms with van der Waals surface area (Å²) in [6.45, 7) is 1.61. The third-order valence-corrected chi connectivity index (χ3v) is 3.76. The van der Waals surface area contributed by atoms with Crippen LogP contribution in [0.25, 0.3) is 0 Å². The Bertz CT molecular complexity index is 484. The van der Waals surface area contributed by atoms with Crippen LogP contribution in [-0.4, -0.2) is 29.6 Å². The van der Waals surface area contributed by atoms with Crippen molar-refractivity contribution >= 4 is 17.5 Å². The molecule has 1 saturated carbocycles. The van der Waals surface area contributed by atoms with Gasteiger partial charge in [0.25, 0.3) is 0 Å². The Hall–Kier alpha value is -1.88. The number of carbonyl (C=O) groups excluding carboxylic acids is 2. The molecule has 108 valence electrons. The van der Waals surface area contributed by atoms with E-state index in [1.807, 2.05) is 0 Å². The number of ketones is 1. The fourth-order valence-corrected chi connectivity index (χ4v) is 2.57. The first-order valence-electron chi connectivity index (χ1n) is 6.89. The van der Waals surface area contributed by atoms with Crippen molar-refractivity contribution in [3.8, 4) is 0 Å². The van der Waals surface area contributed by atoms with Gasteiger partial charge in [-0.2, -0.15) is 0 Å². The molecule has 2 amide bonds. The molecule has 0 radical (unpaired) electrons. The molecule has 3 N–H and O–H groups in total. The average Bonchev–Trinajstić information content (AvgIpc) is 2.86. The van der Waals surface area contributed by atoms with E-state index in [2.05, 4.69) is 10.6 Å². The van der Waals surface area contributed by atoms with Crippen molar-refractivity contribution in [2.75, 3.05) is 11.9 Å². The number of Topliss-reactive ketones (excluding diaryl/α,β-unsaturated/α-hetero) is 1. The standard InChI is InChI=1S/C15H20N2O3/c1-10(19)11-5-7-13(8-6-11)16-15(20)17-14-4-2-3-12(14)9-18/h5-8,12,14,18H,2-4,9H2,1H3,(H2,16,17,20). The minimum Gasteiger partial charge on any atom is -0.396 e. The van der Waals surface area contributed by atoms with E-state index in [1.165, 1.54) is 6.92 Å². The van der Waals surface area contributed by atoms with Gasteiger partial charge in [0.2, 0.25) is 0 Å². The van der Waals surface area contributed by atoms with Gasteiger partial charge in [-0.05, 0) is 44.0 Å². The molecule has 0 spiro atoms. The molecule has 1 aromatic carbocycles. The minimum absolute atomic E-state index is 0.00209. The minimum atomic E-state index is -0.272. The second-order valence-electron chi connectivity index (χ2n) is 5.21. The maximum absolute atomic E-state index is 11.9. The number of anilines is 1. The lowest BCUT2D eigenvalue weighted by Gasteiger charge is -2.19. The molecule has 0 saturated heterocycles. The molecule has 20 heavy (non-hydrogen) atoms. The first-order chi connectivity index (χ1) is 9.60. The van der Waals surface area contributed by atoms with Gasteiger partial charge in [-0.25, -0.2) is 4.79 Å². The summed E-state index contributed by atoms with van der Waals surface area (Å²) in [5, 5.41) is 14.8. The molecule has 2 rings (SSSR count). The van der Waals surface area contributed by atoms with E-state index in [-0.39, 0.29) is 30.4 Å². The Labute approximate surface area is 118 Å². The fourth-order valence-electron chi connectivity index (χ4n) is 2.57. The van der Waals surface area contributed by atoms with Crippen LogP contribution in [0.15, 0.2) is 24.3 Å². The van der Waals surface area contributed by atoms with Crippen molar-refractivity contribution in [2.24, 2.45) is 5.92 Å². The summed E-state index contributed by atoms with van der Waals surface area (Å²) in [5.74, 6) is 0.151. The Morgan fingerprint density at radius 2 is 1.95 bits per heavy atom. The molecule has 5 heteroatoms. The van der Waals surface area contributed by atoms with Crippen molar-refractivity contribution in [3.05, 3.63) is 29.8 Å². The lowest BCUT2D eigenvalue weighted by Crippen LogP contribution is -2.41. The molecule has 1 aromatic rings. The van der Waals surface area contributed by atoms with Gasteiger partial charge in [-0.1, -0.05) is 6.42 Å². The fraction of sp³-hybridized carbons (Fsp3) is 0.467.